The van der Waals surface area contributed by atoms with E-state index in [1.807, 2.05) is 27.7 Å². The van der Waals surface area contributed by atoms with Crippen LogP contribution in [0.4, 0.5) is 4.79 Å². The van der Waals surface area contributed by atoms with E-state index >= 15 is 0 Å². The third-order valence-corrected chi connectivity index (χ3v) is 5.15. The van der Waals surface area contributed by atoms with Crippen LogP contribution in [0.5, 0.6) is 5.75 Å². The fourth-order valence-corrected chi connectivity index (χ4v) is 2.80. The molecule has 0 aliphatic carbocycles. The second-order valence-corrected chi connectivity index (χ2v) is 9.28. The van der Waals surface area contributed by atoms with Crippen molar-refractivity contribution in [2.24, 2.45) is 0 Å². The van der Waals surface area contributed by atoms with Crippen LogP contribution in [-0.2, 0) is 14.0 Å². The maximum atomic E-state index is 12.2. The number of aldehydes is 1. The van der Waals surface area contributed by atoms with Gasteiger partial charge < -0.3 is 24.1 Å². The van der Waals surface area contributed by atoms with Gasteiger partial charge in [0.15, 0.2) is 6.29 Å². The molecular formula is C22H32BNO6. The SMILES string of the molecule is COc1ccc(C=O)c(C=C(CNC(=O)OC(C)(C)C)B2OC(C)(C)C(C)(C)O2)c1. The van der Waals surface area contributed by atoms with Crippen molar-refractivity contribution in [2.75, 3.05) is 13.7 Å². The first-order valence-corrected chi connectivity index (χ1v) is 9.94. The van der Waals surface area contributed by atoms with Crippen molar-refractivity contribution in [3.63, 3.8) is 0 Å². The monoisotopic (exact) mass is 417 g/mol. The Bertz CT molecular complexity index is 809. The Morgan fingerprint density at radius 3 is 2.23 bits per heavy atom. The molecule has 1 aliphatic rings. The van der Waals surface area contributed by atoms with Crippen molar-refractivity contribution in [3.8, 4) is 5.75 Å². The van der Waals surface area contributed by atoms with Crippen LogP contribution in [-0.4, -0.2) is 50.0 Å². The minimum absolute atomic E-state index is 0.126. The molecule has 1 aromatic carbocycles. The Balaban J connectivity index is 2.38. The molecule has 0 aromatic heterocycles. The summed E-state index contributed by atoms with van der Waals surface area (Å²) >= 11 is 0. The number of methoxy groups -OCH3 is 1. The van der Waals surface area contributed by atoms with Crippen molar-refractivity contribution in [1.29, 1.82) is 0 Å². The van der Waals surface area contributed by atoms with Gasteiger partial charge in [-0.05, 0) is 77.7 Å². The second kappa shape index (κ2) is 8.82. The molecule has 0 unspecified atom stereocenters. The van der Waals surface area contributed by atoms with Gasteiger partial charge in [0.25, 0.3) is 0 Å². The number of hydrogen-bond acceptors (Lipinski definition) is 6. The van der Waals surface area contributed by atoms with E-state index in [1.54, 1.807) is 52.2 Å². The zero-order valence-corrected chi connectivity index (χ0v) is 19.1. The van der Waals surface area contributed by atoms with E-state index in [-0.39, 0.29) is 6.54 Å². The molecule has 0 radical (unpaired) electrons. The Morgan fingerprint density at radius 1 is 1.13 bits per heavy atom. The molecule has 164 valence electrons. The van der Waals surface area contributed by atoms with Gasteiger partial charge in [-0.25, -0.2) is 4.79 Å². The predicted molar refractivity (Wildman–Crippen MR) is 117 cm³/mol. The molecule has 8 heteroatoms. The highest BCUT2D eigenvalue weighted by atomic mass is 16.7. The van der Waals surface area contributed by atoms with Crippen LogP contribution < -0.4 is 10.1 Å². The molecule has 1 aliphatic heterocycles. The Morgan fingerprint density at radius 2 is 1.73 bits per heavy atom. The first-order chi connectivity index (χ1) is 13.8. The summed E-state index contributed by atoms with van der Waals surface area (Å²) in [6, 6.07) is 5.15. The molecule has 30 heavy (non-hydrogen) atoms. The summed E-state index contributed by atoms with van der Waals surface area (Å²) in [5.74, 6) is 0.611. The van der Waals surface area contributed by atoms with E-state index < -0.39 is 30.0 Å². The summed E-state index contributed by atoms with van der Waals surface area (Å²) in [4.78, 5) is 23.7. The van der Waals surface area contributed by atoms with E-state index in [2.05, 4.69) is 5.32 Å². The largest absolute Gasteiger partial charge is 0.497 e. The van der Waals surface area contributed by atoms with E-state index in [4.69, 9.17) is 18.8 Å². The molecule has 1 saturated heterocycles. The molecule has 1 amide bonds. The Hall–Kier alpha value is -2.32. The highest BCUT2D eigenvalue weighted by molar-refractivity contribution is 6.56. The summed E-state index contributed by atoms with van der Waals surface area (Å²) in [7, 11) is 0.860. The number of hydrogen-bond donors (Lipinski definition) is 1. The van der Waals surface area contributed by atoms with Gasteiger partial charge in [-0.3, -0.25) is 4.79 Å². The minimum atomic E-state index is -0.698. The quantitative estimate of drug-likeness (QED) is 0.556. The number of amides is 1. The van der Waals surface area contributed by atoms with Gasteiger partial charge >= 0.3 is 13.2 Å². The van der Waals surface area contributed by atoms with Gasteiger partial charge in [0, 0.05) is 12.1 Å². The third-order valence-electron chi connectivity index (χ3n) is 5.15. The van der Waals surface area contributed by atoms with E-state index in [0.717, 1.165) is 6.29 Å². The smallest absolute Gasteiger partial charge is 0.492 e. The number of nitrogens with one attached hydrogen (secondary N) is 1. The van der Waals surface area contributed by atoms with Gasteiger partial charge in [0.05, 0.1) is 18.3 Å². The lowest BCUT2D eigenvalue weighted by Gasteiger charge is -2.32. The topological polar surface area (TPSA) is 83.1 Å². The Kier molecular flexibility index (Phi) is 7.04. The van der Waals surface area contributed by atoms with Crippen molar-refractivity contribution in [2.45, 2.75) is 65.3 Å². The number of benzene rings is 1. The van der Waals surface area contributed by atoms with Crippen LogP contribution in [0.2, 0.25) is 0 Å². The number of alkyl carbamates (subject to hydrolysis) is 1. The van der Waals surface area contributed by atoms with Gasteiger partial charge in [0.1, 0.15) is 11.4 Å². The van der Waals surface area contributed by atoms with Crippen molar-refractivity contribution >= 4 is 25.6 Å². The fourth-order valence-electron chi connectivity index (χ4n) is 2.80. The molecular weight excluding hydrogens is 385 g/mol. The Labute approximate surface area is 179 Å². The molecule has 7 nitrogen and oxygen atoms in total. The lowest BCUT2D eigenvalue weighted by molar-refractivity contribution is 0.00578. The van der Waals surface area contributed by atoms with Gasteiger partial charge in [-0.15, -0.1) is 0 Å². The maximum absolute atomic E-state index is 12.2. The summed E-state index contributed by atoms with van der Waals surface area (Å²) in [6.07, 6.45) is 2.01. The highest BCUT2D eigenvalue weighted by Gasteiger charge is 2.52. The van der Waals surface area contributed by atoms with E-state index in [9.17, 15) is 9.59 Å². The highest BCUT2D eigenvalue weighted by Crippen LogP contribution is 2.39. The van der Waals surface area contributed by atoms with Gasteiger partial charge in [-0.1, -0.05) is 6.08 Å². The summed E-state index contributed by atoms with van der Waals surface area (Å²) < 4.78 is 22.9. The summed E-state index contributed by atoms with van der Waals surface area (Å²) in [6.45, 7) is 13.3. The van der Waals surface area contributed by atoms with Gasteiger partial charge in [-0.2, -0.15) is 0 Å². The molecule has 0 atom stereocenters. The number of ether oxygens (including phenoxy) is 2. The molecule has 0 saturated carbocycles. The third kappa shape index (κ3) is 5.86. The number of carbonyl (C=O) groups is 2. The zero-order valence-electron chi connectivity index (χ0n) is 19.1. The van der Waals surface area contributed by atoms with E-state index in [1.165, 1.54) is 0 Å². The molecule has 0 spiro atoms. The van der Waals surface area contributed by atoms with Crippen molar-refractivity contribution in [1.82, 2.24) is 5.32 Å². The minimum Gasteiger partial charge on any atom is -0.497 e. The standard InChI is InChI=1S/C22H32BNO6/c1-20(2,3)28-19(26)24-13-17(23-29-21(4,5)22(6,7)30-23)11-16-12-18(27-8)10-9-15(16)14-25/h9-12,14H,13H2,1-8H3,(H,24,26). The maximum Gasteiger partial charge on any atom is 0.492 e. The number of carbonyl (C=O) groups excluding carboxylic acids is 2. The fraction of sp³-hybridized carbons (Fsp3) is 0.545. The lowest BCUT2D eigenvalue weighted by atomic mass is 9.76. The molecule has 1 aromatic rings. The second-order valence-electron chi connectivity index (χ2n) is 9.28. The van der Waals surface area contributed by atoms with Crippen LogP contribution in [0.3, 0.4) is 0 Å². The molecule has 1 N–H and O–H groups in total. The van der Waals surface area contributed by atoms with Crippen LogP contribution >= 0.6 is 0 Å². The van der Waals surface area contributed by atoms with Crippen LogP contribution in [0.1, 0.15) is 64.4 Å². The van der Waals surface area contributed by atoms with Crippen molar-refractivity contribution < 1.29 is 28.4 Å². The summed E-state index contributed by atoms with van der Waals surface area (Å²) in [5, 5.41) is 2.75. The average Bonchev–Trinajstić information content (AvgIpc) is 2.84. The van der Waals surface area contributed by atoms with Crippen LogP contribution in [0, 0.1) is 0 Å². The summed E-state index contributed by atoms with van der Waals surface area (Å²) in [5.41, 5.74) is 0.0585. The lowest BCUT2D eigenvalue weighted by Crippen LogP contribution is -2.41. The van der Waals surface area contributed by atoms with Gasteiger partial charge in [0.2, 0.25) is 0 Å². The molecule has 2 rings (SSSR count). The van der Waals surface area contributed by atoms with E-state index in [0.29, 0.717) is 22.3 Å². The first-order valence-electron chi connectivity index (χ1n) is 9.94. The normalized spacial score (nSPS) is 18.1. The van der Waals surface area contributed by atoms with Crippen molar-refractivity contribution in [3.05, 3.63) is 34.8 Å². The van der Waals surface area contributed by atoms with Crippen LogP contribution in [0.25, 0.3) is 6.08 Å². The number of rotatable bonds is 6. The zero-order chi connectivity index (χ0) is 22.7. The molecule has 0 bridgehead atoms. The molecule has 1 heterocycles. The average molecular weight is 417 g/mol. The first kappa shape index (κ1) is 24.0. The molecule has 1 fully saturated rings. The van der Waals surface area contributed by atoms with Crippen LogP contribution in [0.15, 0.2) is 23.7 Å². The predicted octanol–water partition coefficient (Wildman–Crippen LogP) is 4.05.